The third kappa shape index (κ3) is 46.0. The summed E-state index contributed by atoms with van der Waals surface area (Å²) < 4.78 is 17.3. The zero-order valence-electron chi connectivity index (χ0n) is 42.9. The van der Waals surface area contributed by atoms with E-state index in [0.29, 0.717) is 12.8 Å². The average Bonchev–Trinajstić information content (AvgIpc) is 3.27. The largest absolute Gasteiger partial charge is 0.544 e. The maximum absolute atomic E-state index is 12.8. The van der Waals surface area contributed by atoms with Gasteiger partial charge in [0.05, 0.1) is 40.3 Å². The molecule has 0 saturated heterocycles. The number of ether oxygens (including phenoxy) is 3. The minimum atomic E-state index is -1.13. The first kappa shape index (κ1) is 62.0. The lowest BCUT2D eigenvalue weighted by molar-refractivity contribution is -0.889. The number of carboxylic acid groups (broad SMARTS) is 1. The van der Waals surface area contributed by atoms with Crippen LogP contribution in [0.15, 0.2) is 60.8 Å². The highest BCUT2D eigenvalue weighted by Crippen LogP contribution is 2.15. The number of allylic oxidation sites excluding steroid dienone is 10. The fourth-order valence-electron chi connectivity index (χ4n) is 7.76. The van der Waals surface area contributed by atoms with E-state index in [1.165, 1.54) is 122 Å². The van der Waals surface area contributed by atoms with Gasteiger partial charge in [0, 0.05) is 19.3 Å². The standard InChI is InChI=1S/C57H101NO7/c1-6-8-10-12-14-16-18-20-22-24-26-27-28-30-32-34-36-38-40-42-44-46-48-56(60)65-53(51-63-50-49-54(57(61)62)58(3,4)5)52-64-55(59)47-45-43-41-39-37-35-33-31-29-25-23-21-19-17-15-13-11-9-7-2/h9,11,15,17,21,23-24,26,28,30,53-54H,6-8,10,12-14,16,18-20,22,25,27,29,31-52H2,1-5H3/b11-9+,17-15+,23-21+,26-24+,30-28+. The number of esters is 2. The molecule has 8 heteroatoms. The van der Waals surface area contributed by atoms with Gasteiger partial charge in [-0.2, -0.15) is 0 Å². The van der Waals surface area contributed by atoms with Gasteiger partial charge in [-0.05, 0) is 77.0 Å². The van der Waals surface area contributed by atoms with E-state index in [9.17, 15) is 19.5 Å². The molecule has 0 amide bonds. The number of likely N-dealkylation sites (N-methyl/N-ethyl adjacent to an activating group) is 1. The number of quaternary nitrogens is 1. The minimum absolute atomic E-state index is 0.0346. The van der Waals surface area contributed by atoms with E-state index in [1.54, 1.807) is 21.1 Å². The normalized spacial score (nSPS) is 13.3. The van der Waals surface area contributed by atoms with Crippen LogP contribution in [0.2, 0.25) is 0 Å². The Morgan fingerprint density at radius 3 is 1.28 bits per heavy atom. The van der Waals surface area contributed by atoms with Crippen LogP contribution in [0, 0.1) is 0 Å². The van der Waals surface area contributed by atoms with E-state index in [0.717, 1.165) is 77.0 Å². The van der Waals surface area contributed by atoms with Crippen LogP contribution < -0.4 is 5.11 Å². The lowest BCUT2D eigenvalue weighted by atomic mass is 10.1. The van der Waals surface area contributed by atoms with Crippen molar-refractivity contribution in [3.05, 3.63) is 60.8 Å². The van der Waals surface area contributed by atoms with E-state index in [-0.39, 0.29) is 42.7 Å². The molecule has 0 aliphatic carbocycles. The molecule has 0 fully saturated rings. The summed E-state index contributed by atoms with van der Waals surface area (Å²) in [4.78, 5) is 37.1. The second kappa shape index (κ2) is 47.5. The van der Waals surface area contributed by atoms with Crippen molar-refractivity contribution >= 4 is 17.9 Å². The molecule has 0 saturated carbocycles. The number of hydrogen-bond acceptors (Lipinski definition) is 7. The van der Waals surface area contributed by atoms with Gasteiger partial charge >= 0.3 is 11.9 Å². The molecule has 0 aliphatic rings. The Morgan fingerprint density at radius 2 is 0.862 bits per heavy atom. The van der Waals surface area contributed by atoms with Crippen molar-refractivity contribution in [2.24, 2.45) is 0 Å². The molecule has 0 bridgehead atoms. The molecular weight excluding hydrogens is 811 g/mol. The Bertz CT molecular complexity index is 1250. The summed E-state index contributed by atoms with van der Waals surface area (Å²) in [5, 5.41) is 11.7. The van der Waals surface area contributed by atoms with Gasteiger partial charge in [0.1, 0.15) is 12.6 Å². The van der Waals surface area contributed by atoms with Gasteiger partial charge < -0.3 is 28.6 Å². The Balaban J connectivity index is 4.24. The monoisotopic (exact) mass is 912 g/mol. The lowest BCUT2D eigenvalue weighted by Gasteiger charge is -2.34. The zero-order chi connectivity index (χ0) is 47.7. The van der Waals surface area contributed by atoms with Crippen LogP contribution in [-0.4, -0.2) is 75.5 Å². The Labute approximate surface area is 400 Å². The van der Waals surface area contributed by atoms with Gasteiger partial charge in [-0.1, -0.05) is 197 Å². The summed E-state index contributed by atoms with van der Waals surface area (Å²) in [5.74, 6) is -1.75. The molecule has 0 spiro atoms. The summed E-state index contributed by atoms with van der Waals surface area (Å²) in [7, 11) is 5.41. The summed E-state index contributed by atoms with van der Waals surface area (Å²) in [6.45, 7) is 4.56. The molecule has 8 nitrogen and oxygen atoms in total. The second-order valence-corrected chi connectivity index (χ2v) is 19.1. The fourth-order valence-corrected chi connectivity index (χ4v) is 7.76. The summed E-state index contributed by atoms with van der Waals surface area (Å²) in [6, 6.07) is -0.731. The third-order valence-electron chi connectivity index (χ3n) is 11.9. The molecule has 2 unspecified atom stereocenters. The van der Waals surface area contributed by atoms with E-state index >= 15 is 0 Å². The number of carbonyl (C=O) groups is 3. The molecule has 0 aliphatic heterocycles. The van der Waals surface area contributed by atoms with Crippen LogP contribution in [0.4, 0.5) is 0 Å². The predicted molar refractivity (Wildman–Crippen MR) is 273 cm³/mol. The number of carbonyl (C=O) groups excluding carboxylic acids is 3. The zero-order valence-corrected chi connectivity index (χ0v) is 42.9. The van der Waals surface area contributed by atoms with Crippen LogP contribution >= 0.6 is 0 Å². The number of hydrogen-bond donors (Lipinski definition) is 0. The first-order valence-electron chi connectivity index (χ1n) is 26.8. The van der Waals surface area contributed by atoms with Gasteiger partial charge in [-0.3, -0.25) is 9.59 Å². The number of rotatable bonds is 48. The molecule has 376 valence electrons. The Morgan fingerprint density at radius 1 is 0.477 bits per heavy atom. The first-order valence-corrected chi connectivity index (χ1v) is 26.8. The fraction of sp³-hybridized carbons (Fsp3) is 0.772. The van der Waals surface area contributed by atoms with E-state index in [2.05, 4.69) is 74.6 Å². The van der Waals surface area contributed by atoms with Crippen molar-refractivity contribution in [3.8, 4) is 0 Å². The molecular formula is C57H101NO7. The van der Waals surface area contributed by atoms with Crippen LogP contribution in [0.3, 0.4) is 0 Å². The van der Waals surface area contributed by atoms with Crippen LogP contribution in [0.1, 0.15) is 232 Å². The second-order valence-electron chi connectivity index (χ2n) is 19.1. The number of aliphatic carboxylic acids is 1. The molecule has 0 aromatic heterocycles. The van der Waals surface area contributed by atoms with Crippen molar-refractivity contribution < 1.29 is 38.2 Å². The van der Waals surface area contributed by atoms with Crippen molar-refractivity contribution in [3.63, 3.8) is 0 Å². The number of nitrogens with zero attached hydrogens (tertiary/aromatic N) is 1. The number of carboxylic acids is 1. The third-order valence-corrected chi connectivity index (χ3v) is 11.9. The Hall–Kier alpha value is -2.97. The molecule has 0 aromatic rings. The summed E-state index contributed by atoms with van der Waals surface area (Å²) in [5.41, 5.74) is 0. The Kier molecular flexibility index (Phi) is 45.3. The van der Waals surface area contributed by atoms with Crippen LogP contribution in [0.25, 0.3) is 0 Å². The predicted octanol–water partition coefficient (Wildman–Crippen LogP) is 14.4. The lowest BCUT2D eigenvalue weighted by Crippen LogP contribution is -2.55. The molecule has 65 heavy (non-hydrogen) atoms. The first-order chi connectivity index (χ1) is 31.6. The minimum Gasteiger partial charge on any atom is -0.544 e. The quantitative estimate of drug-likeness (QED) is 0.0259. The van der Waals surface area contributed by atoms with Gasteiger partial charge in [0.15, 0.2) is 6.10 Å². The molecule has 0 heterocycles. The number of unbranched alkanes of at least 4 members (excludes halogenated alkanes) is 24. The van der Waals surface area contributed by atoms with E-state index in [4.69, 9.17) is 14.2 Å². The van der Waals surface area contributed by atoms with Gasteiger partial charge in [-0.15, -0.1) is 0 Å². The van der Waals surface area contributed by atoms with Crippen molar-refractivity contribution in [1.29, 1.82) is 0 Å². The smallest absolute Gasteiger partial charge is 0.306 e. The highest BCUT2D eigenvalue weighted by molar-refractivity contribution is 5.70. The molecule has 0 radical (unpaired) electrons. The topological polar surface area (TPSA) is 102 Å². The van der Waals surface area contributed by atoms with Gasteiger partial charge in [0.25, 0.3) is 0 Å². The summed E-state index contributed by atoms with van der Waals surface area (Å²) >= 11 is 0. The van der Waals surface area contributed by atoms with Crippen molar-refractivity contribution in [1.82, 2.24) is 0 Å². The SMILES string of the molecule is CC/C=C/C/C=C/C/C=C/CCCCCCCCCCCC(=O)OCC(COCCC(C(=O)[O-])[N+](C)(C)C)OC(=O)CCCCCCCCC/C=C/C/C=C/CCCCCCCCCC. The van der Waals surface area contributed by atoms with Gasteiger partial charge in [0.2, 0.25) is 0 Å². The molecule has 0 rings (SSSR count). The maximum atomic E-state index is 12.8. The molecule has 2 atom stereocenters. The van der Waals surface area contributed by atoms with E-state index < -0.39 is 18.1 Å². The van der Waals surface area contributed by atoms with Crippen LogP contribution in [-0.2, 0) is 28.6 Å². The van der Waals surface area contributed by atoms with Crippen molar-refractivity contribution in [2.45, 2.75) is 244 Å². The average molecular weight is 912 g/mol. The van der Waals surface area contributed by atoms with Gasteiger partial charge in [-0.25, -0.2) is 0 Å². The van der Waals surface area contributed by atoms with Crippen LogP contribution in [0.5, 0.6) is 0 Å². The molecule has 0 aromatic carbocycles. The highest BCUT2D eigenvalue weighted by atomic mass is 16.6. The van der Waals surface area contributed by atoms with Crippen molar-refractivity contribution in [2.75, 3.05) is 41.0 Å². The molecule has 0 N–H and O–H groups in total. The maximum Gasteiger partial charge on any atom is 0.306 e. The summed E-state index contributed by atoms with van der Waals surface area (Å²) in [6.07, 6.45) is 59.7. The van der Waals surface area contributed by atoms with E-state index in [1.807, 2.05) is 0 Å². The highest BCUT2D eigenvalue weighted by Gasteiger charge is 2.25.